The van der Waals surface area contributed by atoms with Gasteiger partial charge in [0.05, 0.1) is 5.02 Å². The van der Waals surface area contributed by atoms with Crippen molar-refractivity contribution in [3.05, 3.63) is 34.6 Å². The minimum atomic E-state index is -0.553. The van der Waals surface area contributed by atoms with Crippen LogP contribution in [-0.4, -0.2) is 5.24 Å². The maximum absolute atomic E-state index is 12.7. The topological polar surface area (TPSA) is 17.1 Å². The molecule has 0 aliphatic heterocycles. The lowest BCUT2D eigenvalue weighted by molar-refractivity contribution is -0.111. The lowest BCUT2D eigenvalue weighted by atomic mass is 10.1. The molecule has 1 aromatic rings. The fraction of sp³-hybridized carbons (Fsp3) is 0.125. The standard InChI is InChI=1S/C8H5Cl2FO/c9-7(12)4-5-2-1-3-6(11)8(5)10/h1-3H,4H2. The van der Waals surface area contributed by atoms with Crippen molar-refractivity contribution in [1.82, 2.24) is 0 Å². The Morgan fingerprint density at radius 3 is 2.75 bits per heavy atom. The summed E-state index contributed by atoms with van der Waals surface area (Å²) in [5, 5.41) is -0.589. The van der Waals surface area contributed by atoms with E-state index in [-0.39, 0.29) is 11.4 Å². The van der Waals surface area contributed by atoms with Gasteiger partial charge in [0.1, 0.15) is 5.82 Å². The van der Waals surface area contributed by atoms with E-state index in [9.17, 15) is 9.18 Å². The van der Waals surface area contributed by atoms with E-state index in [1.54, 1.807) is 6.07 Å². The van der Waals surface area contributed by atoms with Crippen LogP contribution in [-0.2, 0) is 11.2 Å². The van der Waals surface area contributed by atoms with Crippen LogP contribution in [0.3, 0.4) is 0 Å². The van der Waals surface area contributed by atoms with E-state index < -0.39 is 11.1 Å². The summed E-state index contributed by atoms with van der Waals surface area (Å²) in [6.45, 7) is 0. The van der Waals surface area contributed by atoms with Crippen LogP contribution in [0.2, 0.25) is 5.02 Å². The molecule has 0 saturated carbocycles. The van der Waals surface area contributed by atoms with E-state index in [2.05, 4.69) is 0 Å². The molecule has 0 saturated heterocycles. The van der Waals surface area contributed by atoms with Gasteiger partial charge in [0.25, 0.3) is 0 Å². The van der Waals surface area contributed by atoms with Crippen LogP contribution in [0, 0.1) is 5.82 Å². The van der Waals surface area contributed by atoms with Crippen molar-refractivity contribution in [3.8, 4) is 0 Å². The van der Waals surface area contributed by atoms with E-state index >= 15 is 0 Å². The quantitative estimate of drug-likeness (QED) is 0.681. The molecule has 0 heterocycles. The second kappa shape index (κ2) is 3.87. The summed E-state index contributed by atoms with van der Waals surface area (Å²) < 4.78 is 12.7. The number of benzene rings is 1. The van der Waals surface area contributed by atoms with Crippen LogP contribution >= 0.6 is 23.2 Å². The monoisotopic (exact) mass is 206 g/mol. The van der Waals surface area contributed by atoms with Gasteiger partial charge in [-0.2, -0.15) is 0 Å². The second-order valence-corrected chi connectivity index (χ2v) is 3.04. The minimum Gasteiger partial charge on any atom is -0.281 e. The largest absolute Gasteiger partial charge is 0.281 e. The van der Waals surface area contributed by atoms with Gasteiger partial charge in [-0.1, -0.05) is 23.7 Å². The summed E-state index contributed by atoms with van der Waals surface area (Å²) in [5.74, 6) is -0.535. The highest BCUT2D eigenvalue weighted by molar-refractivity contribution is 6.63. The maximum Gasteiger partial charge on any atom is 0.226 e. The Kier molecular flexibility index (Phi) is 3.06. The number of carbonyl (C=O) groups is 1. The summed E-state index contributed by atoms with van der Waals surface area (Å²) in [7, 11) is 0. The second-order valence-electron chi connectivity index (χ2n) is 2.24. The number of rotatable bonds is 2. The first-order valence-electron chi connectivity index (χ1n) is 3.22. The molecule has 0 spiro atoms. The third kappa shape index (κ3) is 2.19. The molecule has 1 nitrogen and oxygen atoms in total. The Bertz CT molecular complexity index is 312. The molecular weight excluding hydrogens is 202 g/mol. The van der Waals surface area contributed by atoms with E-state index in [1.807, 2.05) is 0 Å². The summed E-state index contributed by atoms with van der Waals surface area (Å²) >= 11 is 10.7. The smallest absolute Gasteiger partial charge is 0.226 e. The molecule has 0 fully saturated rings. The van der Waals surface area contributed by atoms with Crippen LogP contribution in [0.1, 0.15) is 5.56 Å². The Hall–Kier alpha value is -0.600. The van der Waals surface area contributed by atoms with Gasteiger partial charge in [-0.05, 0) is 23.2 Å². The summed E-state index contributed by atoms with van der Waals surface area (Å²) in [6, 6.07) is 4.27. The van der Waals surface area contributed by atoms with Gasteiger partial charge in [0.15, 0.2) is 0 Å². The average molecular weight is 207 g/mol. The first kappa shape index (κ1) is 9.49. The van der Waals surface area contributed by atoms with Crippen LogP contribution in [0.25, 0.3) is 0 Å². The van der Waals surface area contributed by atoms with Crippen LogP contribution in [0.5, 0.6) is 0 Å². The molecule has 1 aromatic carbocycles. The van der Waals surface area contributed by atoms with Gasteiger partial charge < -0.3 is 0 Å². The first-order chi connectivity index (χ1) is 5.61. The predicted octanol–water partition coefficient (Wildman–Crippen LogP) is 2.79. The van der Waals surface area contributed by atoms with E-state index in [1.165, 1.54) is 12.1 Å². The highest BCUT2D eigenvalue weighted by Crippen LogP contribution is 2.20. The Balaban J connectivity index is 3.00. The zero-order valence-corrected chi connectivity index (χ0v) is 7.49. The van der Waals surface area contributed by atoms with Crippen LogP contribution in [0.15, 0.2) is 18.2 Å². The van der Waals surface area contributed by atoms with Crippen molar-refractivity contribution < 1.29 is 9.18 Å². The highest BCUT2D eigenvalue weighted by Gasteiger charge is 2.07. The Morgan fingerprint density at radius 1 is 1.50 bits per heavy atom. The van der Waals surface area contributed by atoms with E-state index in [0.29, 0.717) is 5.56 Å². The first-order valence-corrected chi connectivity index (χ1v) is 3.98. The van der Waals surface area contributed by atoms with Gasteiger partial charge in [0.2, 0.25) is 5.24 Å². The molecule has 4 heteroatoms. The van der Waals surface area contributed by atoms with Crippen molar-refractivity contribution in [1.29, 1.82) is 0 Å². The van der Waals surface area contributed by atoms with Gasteiger partial charge in [-0.15, -0.1) is 0 Å². The molecule has 64 valence electrons. The number of halogens is 3. The predicted molar refractivity (Wildman–Crippen MR) is 46.0 cm³/mol. The van der Waals surface area contributed by atoms with Crippen molar-refractivity contribution >= 4 is 28.4 Å². The van der Waals surface area contributed by atoms with Crippen molar-refractivity contribution in [2.24, 2.45) is 0 Å². The highest BCUT2D eigenvalue weighted by atomic mass is 35.5. The fourth-order valence-electron chi connectivity index (χ4n) is 0.835. The average Bonchev–Trinajstić information content (AvgIpc) is 1.98. The van der Waals surface area contributed by atoms with E-state index in [0.717, 1.165) is 0 Å². The molecule has 0 atom stereocenters. The lowest BCUT2D eigenvalue weighted by Crippen LogP contribution is -1.95. The number of hydrogen-bond donors (Lipinski definition) is 0. The number of hydrogen-bond acceptors (Lipinski definition) is 1. The molecule has 0 radical (unpaired) electrons. The fourth-order valence-corrected chi connectivity index (χ4v) is 1.17. The summed E-state index contributed by atoms with van der Waals surface area (Å²) in [6.07, 6.45) is -0.0435. The molecule has 0 aromatic heterocycles. The van der Waals surface area contributed by atoms with Gasteiger partial charge >= 0.3 is 0 Å². The molecule has 1 rings (SSSR count). The Morgan fingerprint density at radius 2 is 2.17 bits per heavy atom. The van der Waals surface area contributed by atoms with Crippen LogP contribution < -0.4 is 0 Å². The maximum atomic E-state index is 12.7. The molecular formula is C8H5Cl2FO. The van der Waals surface area contributed by atoms with Gasteiger partial charge in [0, 0.05) is 6.42 Å². The minimum absolute atomic E-state index is 0.0356. The normalized spacial score (nSPS) is 9.92. The van der Waals surface area contributed by atoms with Crippen molar-refractivity contribution in [2.75, 3.05) is 0 Å². The molecule has 0 aliphatic rings. The third-order valence-electron chi connectivity index (χ3n) is 1.36. The molecule has 0 aliphatic carbocycles. The zero-order chi connectivity index (χ0) is 9.14. The van der Waals surface area contributed by atoms with Gasteiger partial charge in [-0.3, -0.25) is 4.79 Å². The van der Waals surface area contributed by atoms with E-state index in [4.69, 9.17) is 23.2 Å². The lowest BCUT2D eigenvalue weighted by Gasteiger charge is -2.00. The van der Waals surface area contributed by atoms with Crippen molar-refractivity contribution in [2.45, 2.75) is 6.42 Å². The summed E-state index contributed by atoms with van der Waals surface area (Å²) in [5.41, 5.74) is 0.414. The molecule has 0 unspecified atom stereocenters. The molecule has 0 amide bonds. The SMILES string of the molecule is O=C(Cl)Cc1cccc(F)c1Cl. The third-order valence-corrected chi connectivity index (χ3v) is 1.92. The molecule has 0 N–H and O–H groups in total. The van der Waals surface area contributed by atoms with Crippen molar-refractivity contribution in [3.63, 3.8) is 0 Å². The van der Waals surface area contributed by atoms with Crippen LogP contribution in [0.4, 0.5) is 4.39 Å². The van der Waals surface area contributed by atoms with Gasteiger partial charge in [-0.25, -0.2) is 4.39 Å². The Labute approximate surface area is 79.1 Å². The zero-order valence-electron chi connectivity index (χ0n) is 5.98. The summed E-state index contributed by atoms with van der Waals surface area (Å²) in [4.78, 5) is 10.5. The molecule has 0 bridgehead atoms. The molecule has 12 heavy (non-hydrogen) atoms. The number of carbonyl (C=O) groups excluding carboxylic acids is 1.